The quantitative estimate of drug-likeness (QED) is 0.346. The van der Waals surface area contributed by atoms with E-state index in [1.165, 1.54) is 24.3 Å². The van der Waals surface area contributed by atoms with E-state index in [2.05, 4.69) is 30.3 Å². The molecule has 3 N–H and O–H groups in total. The van der Waals surface area contributed by atoms with E-state index in [-0.39, 0.29) is 4.90 Å². The lowest BCUT2D eigenvalue weighted by Gasteiger charge is -2.11. The van der Waals surface area contributed by atoms with Gasteiger partial charge in [0.2, 0.25) is 0 Å². The molecule has 0 fully saturated rings. The molecular weight excluding hydrogens is 448 g/mol. The Hall–Kier alpha value is -3.69. The number of sulfonamides is 1. The maximum atomic E-state index is 12.5. The summed E-state index contributed by atoms with van der Waals surface area (Å²) in [5.41, 5.74) is 1.17. The summed E-state index contributed by atoms with van der Waals surface area (Å²) in [7, 11) is -3.71. The summed E-state index contributed by atoms with van der Waals surface area (Å²) in [6.45, 7) is 1.80. The zero-order valence-electron chi connectivity index (χ0n) is 16.9. The van der Waals surface area contributed by atoms with Crippen LogP contribution in [0.5, 0.6) is 0 Å². The summed E-state index contributed by atoms with van der Waals surface area (Å²) in [5, 5.41) is 6.80. The molecule has 0 saturated carbocycles. The van der Waals surface area contributed by atoms with Gasteiger partial charge in [0.15, 0.2) is 0 Å². The van der Waals surface area contributed by atoms with Crippen LogP contribution in [0.15, 0.2) is 83.9 Å². The highest BCUT2D eigenvalue weighted by molar-refractivity contribution is 7.92. The normalized spacial score (nSPS) is 11.1. The third-order valence-corrected chi connectivity index (χ3v) is 5.94. The Labute approximate surface area is 190 Å². The molecule has 4 rings (SSSR count). The van der Waals surface area contributed by atoms with Crippen LogP contribution in [0, 0.1) is 6.92 Å². The van der Waals surface area contributed by atoms with Gasteiger partial charge in [0.25, 0.3) is 10.0 Å². The summed E-state index contributed by atoms with van der Waals surface area (Å²) in [4.78, 5) is 13.1. The van der Waals surface area contributed by atoms with Gasteiger partial charge in [-0.2, -0.15) is 0 Å². The Morgan fingerprint density at radius 3 is 2.09 bits per heavy atom. The molecule has 0 unspecified atom stereocenters. The van der Waals surface area contributed by atoms with Crippen LogP contribution in [0.2, 0.25) is 5.02 Å². The first-order chi connectivity index (χ1) is 15.4. The molecule has 0 aliphatic rings. The van der Waals surface area contributed by atoms with Gasteiger partial charge in [-0.1, -0.05) is 17.7 Å². The lowest BCUT2D eigenvalue weighted by atomic mass is 10.3. The molecule has 0 spiro atoms. The van der Waals surface area contributed by atoms with Gasteiger partial charge < -0.3 is 10.6 Å². The lowest BCUT2D eigenvalue weighted by molar-refractivity contribution is 0.601. The van der Waals surface area contributed by atoms with Crippen molar-refractivity contribution in [2.45, 2.75) is 11.8 Å². The van der Waals surface area contributed by atoms with Gasteiger partial charge in [-0.3, -0.25) is 4.72 Å². The van der Waals surface area contributed by atoms with Crippen LogP contribution >= 0.6 is 11.6 Å². The molecule has 2 aromatic carbocycles. The Balaban J connectivity index is 1.46. The smallest absolute Gasteiger partial charge is 0.261 e. The predicted octanol–water partition coefficient (Wildman–Crippen LogP) is 5.12. The van der Waals surface area contributed by atoms with Crippen molar-refractivity contribution in [3.8, 4) is 0 Å². The topological polar surface area (TPSA) is 109 Å². The van der Waals surface area contributed by atoms with Crippen LogP contribution in [0.25, 0.3) is 0 Å². The van der Waals surface area contributed by atoms with Crippen LogP contribution < -0.4 is 15.4 Å². The van der Waals surface area contributed by atoms with Crippen LogP contribution in [-0.2, 0) is 10.0 Å². The number of aryl methyl sites for hydroxylation is 1. The standard InChI is InChI=1S/C22H19ClN6O2S/c1-15-25-21(14-22(26-15)28-20-4-2-3-13-24-20)27-17-7-9-18(10-8-17)29-32(30,31)19-11-5-16(23)6-12-19/h2-14,29H,1H3,(H2,24,25,26,27,28). The maximum Gasteiger partial charge on any atom is 0.261 e. The minimum absolute atomic E-state index is 0.133. The summed E-state index contributed by atoms with van der Waals surface area (Å²) < 4.78 is 27.6. The molecule has 0 bridgehead atoms. The number of benzene rings is 2. The Bertz CT molecular complexity index is 1320. The first-order valence-electron chi connectivity index (χ1n) is 9.57. The van der Waals surface area contributed by atoms with Crippen molar-refractivity contribution in [2.24, 2.45) is 0 Å². The van der Waals surface area contributed by atoms with Gasteiger partial charge in [0, 0.05) is 28.7 Å². The molecule has 0 radical (unpaired) electrons. The molecule has 8 nitrogen and oxygen atoms in total. The molecule has 4 aromatic rings. The molecule has 10 heteroatoms. The predicted molar refractivity (Wildman–Crippen MR) is 126 cm³/mol. The minimum atomic E-state index is -3.71. The summed E-state index contributed by atoms with van der Waals surface area (Å²) in [6, 6.07) is 20.1. The van der Waals surface area contributed by atoms with Crippen LogP contribution in [0.1, 0.15) is 5.82 Å². The van der Waals surface area contributed by atoms with Gasteiger partial charge in [0.1, 0.15) is 23.3 Å². The highest BCUT2D eigenvalue weighted by Gasteiger charge is 2.14. The Morgan fingerprint density at radius 2 is 1.44 bits per heavy atom. The van der Waals surface area contributed by atoms with E-state index >= 15 is 0 Å². The molecule has 2 aromatic heterocycles. The van der Waals surface area contributed by atoms with E-state index < -0.39 is 10.0 Å². The Kier molecular flexibility index (Phi) is 6.20. The van der Waals surface area contributed by atoms with Crippen LogP contribution in [0.4, 0.5) is 28.8 Å². The van der Waals surface area contributed by atoms with E-state index in [1.807, 2.05) is 18.2 Å². The molecule has 0 aliphatic heterocycles. The molecule has 32 heavy (non-hydrogen) atoms. The number of aromatic nitrogens is 3. The van der Waals surface area contributed by atoms with Gasteiger partial charge in [-0.05, 0) is 67.6 Å². The minimum Gasteiger partial charge on any atom is -0.340 e. The second-order valence-electron chi connectivity index (χ2n) is 6.79. The van der Waals surface area contributed by atoms with Crippen molar-refractivity contribution >= 4 is 50.5 Å². The SMILES string of the molecule is Cc1nc(Nc2ccc(NS(=O)(=O)c3ccc(Cl)cc3)cc2)cc(Nc2ccccn2)n1. The number of nitrogens with zero attached hydrogens (tertiary/aromatic N) is 3. The number of halogens is 1. The van der Waals surface area contributed by atoms with E-state index in [1.54, 1.807) is 43.5 Å². The highest BCUT2D eigenvalue weighted by atomic mass is 35.5. The zero-order valence-corrected chi connectivity index (χ0v) is 18.5. The second kappa shape index (κ2) is 9.21. The number of pyridine rings is 1. The van der Waals surface area contributed by atoms with Gasteiger partial charge >= 0.3 is 0 Å². The average molecular weight is 467 g/mol. The molecule has 0 saturated heterocycles. The van der Waals surface area contributed by atoms with E-state index in [9.17, 15) is 8.42 Å². The van der Waals surface area contributed by atoms with Gasteiger partial charge in [-0.25, -0.2) is 23.4 Å². The fourth-order valence-corrected chi connectivity index (χ4v) is 4.05. The van der Waals surface area contributed by atoms with Crippen molar-refractivity contribution in [2.75, 3.05) is 15.4 Å². The monoisotopic (exact) mass is 466 g/mol. The summed E-state index contributed by atoms with van der Waals surface area (Å²) in [5.74, 6) is 2.45. The largest absolute Gasteiger partial charge is 0.340 e. The molecule has 0 aliphatic carbocycles. The maximum absolute atomic E-state index is 12.5. The third-order valence-electron chi connectivity index (χ3n) is 4.29. The van der Waals surface area contributed by atoms with Gasteiger partial charge in [-0.15, -0.1) is 0 Å². The van der Waals surface area contributed by atoms with E-state index in [0.29, 0.717) is 34.0 Å². The fourth-order valence-electron chi connectivity index (χ4n) is 2.86. The lowest BCUT2D eigenvalue weighted by Crippen LogP contribution is -2.12. The number of nitrogens with one attached hydrogen (secondary N) is 3. The van der Waals surface area contributed by atoms with Crippen molar-refractivity contribution in [3.63, 3.8) is 0 Å². The van der Waals surface area contributed by atoms with Crippen molar-refractivity contribution in [1.29, 1.82) is 0 Å². The first kappa shape index (κ1) is 21.5. The molecule has 162 valence electrons. The second-order valence-corrected chi connectivity index (χ2v) is 8.91. The number of anilines is 5. The number of hydrogen-bond acceptors (Lipinski definition) is 7. The third kappa shape index (κ3) is 5.51. The fraction of sp³-hybridized carbons (Fsp3) is 0.0455. The number of rotatable bonds is 7. The van der Waals surface area contributed by atoms with Gasteiger partial charge in [0.05, 0.1) is 4.90 Å². The number of hydrogen-bond donors (Lipinski definition) is 3. The molecular formula is C22H19ClN6O2S. The summed E-state index contributed by atoms with van der Waals surface area (Å²) >= 11 is 5.83. The summed E-state index contributed by atoms with van der Waals surface area (Å²) in [6.07, 6.45) is 1.69. The molecule has 0 atom stereocenters. The zero-order chi connectivity index (χ0) is 22.6. The Morgan fingerprint density at radius 1 is 0.781 bits per heavy atom. The van der Waals surface area contributed by atoms with Crippen molar-refractivity contribution in [1.82, 2.24) is 15.0 Å². The van der Waals surface area contributed by atoms with Crippen molar-refractivity contribution in [3.05, 3.63) is 89.8 Å². The average Bonchev–Trinajstić information content (AvgIpc) is 2.75. The van der Waals surface area contributed by atoms with Crippen LogP contribution in [0.3, 0.4) is 0 Å². The molecule has 2 heterocycles. The van der Waals surface area contributed by atoms with E-state index in [0.717, 1.165) is 5.69 Å². The molecule has 0 amide bonds. The first-order valence-corrected chi connectivity index (χ1v) is 11.4. The highest BCUT2D eigenvalue weighted by Crippen LogP contribution is 2.23. The van der Waals surface area contributed by atoms with E-state index in [4.69, 9.17) is 11.6 Å². The van der Waals surface area contributed by atoms with Crippen molar-refractivity contribution < 1.29 is 8.42 Å². The van der Waals surface area contributed by atoms with Crippen LogP contribution in [-0.4, -0.2) is 23.4 Å².